The first-order chi connectivity index (χ1) is 12.0. The van der Waals surface area contributed by atoms with E-state index in [-0.39, 0.29) is 5.82 Å². The Bertz CT molecular complexity index is 874. The lowest BCUT2D eigenvalue weighted by atomic mass is 10.1. The molecule has 25 heavy (non-hydrogen) atoms. The lowest BCUT2D eigenvalue weighted by Crippen LogP contribution is -1.90. The molecule has 2 nitrogen and oxygen atoms in total. The number of rotatable bonds is 3. The van der Waals surface area contributed by atoms with Gasteiger partial charge in [-0.05, 0) is 42.7 Å². The van der Waals surface area contributed by atoms with E-state index in [1.54, 1.807) is 23.5 Å². The number of nitrogens with zero attached hydrogens (tertiary/aromatic N) is 1. The van der Waals surface area contributed by atoms with Crippen LogP contribution in [0.3, 0.4) is 0 Å². The smallest absolute Gasteiger partial charge is 0.123 e. The van der Waals surface area contributed by atoms with Crippen molar-refractivity contribution in [2.24, 2.45) is 5.92 Å². The summed E-state index contributed by atoms with van der Waals surface area (Å²) < 4.78 is 14.1. The van der Waals surface area contributed by atoms with Crippen LogP contribution in [0.4, 0.5) is 4.39 Å². The van der Waals surface area contributed by atoms with Gasteiger partial charge < -0.3 is 5.41 Å². The predicted octanol–water partition coefficient (Wildman–Crippen LogP) is 6.82. The Morgan fingerprint density at radius 1 is 1.12 bits per heavy atom. The quantitative estimate of drug-likeness (QED) is 0.515. The molecule has 130 valence electrons. The number of hydrogen-bond donors (Lipinski definition) is 1. The third kappa shape index (κ3) is 4.83. The zero-order valence-corrected chi connectivity index (χ0v) is 15.8. The Morgan fingerprint density at radius 3 is 2.32 bits per heavy atom. The van der Waals surface area contributed by atoms with E-state index in [0.29, 0.717) is 0 Å². The van der Waals surface area contributed by atoms with E-state index in [1.807, 2.05) is 30.5 Å². The van der Waals surface area contributed by atoms with Crippen LogP contribution in [0, 0.1) is 17.1 Å². The van der Waals surface area contributed by atoms with Crippen LogP contribution >= 0.6 is 11.3 Å². The van der Waals surface area contributed by atoms with Crippen LogP contribution in [0.25, 0.3) is 26.9 Å². The van der Waals surface area contributed by atoms with Gasteiger partial charge in [0.05, 0.1) is 15.9 Å². The SMILES string of the molecule is C/C=C(\C=N)c1ccc2scc(-c3ccc(F)cc3)c2n1.CC(C)C. The van der Waals surface area contributed by atoms with Gasteiger partial charge in [0.15, 0.2) is 0 Å². The number of fused-ring (bicyclic) bond motifs is 1. The topological polar surface area (TPSA) is 36.7 Å². The van der Waals surface area contributed by atoms with Crippen LogP contribution in [0.2, 0.25) is 0 Å². The molecular formula is C21H23FN2S. The van der Waals surface area contributed by atoms with Crippen molar-refractivity contribution in [3.05, 3.63) is 59.4 Å². The molecule has 1 N–H and O–H groups in total. The molecule has 4 heteroatoms. The van der Waals surface area contributed by atoms with Gasteiger partial charge in [-0.15, -0.1) is 11.3 Å². The van der Waals surface area contributed by atoms with Crippen molar-refractivity contribution < 1.29 is 4.39 Å². The Morgan fingerprint density at radius 2 is 1.76 bits per heavy atom. The number of benzene rings is 1. The van der Waals surface area contributed by atoms with E-state index in [4.69, 9.17) is 5.41 Å². The van der Waals surface area contributed by atoms with E-state index in [9.17, 15) is 4.39 Å². The highest BCUT2D eigenvalue weighted by molar-refractivity contribution is 7.17. The standard InChI is InChI=1S/C17H13FN2S.C4H10/c1-2-11(9-19)15-7-8-16-17(20-15)14(10-21-16)12-3-5-13(18)6-4-12;1-4(2)3/h2-10,19H,1H3;4H,1-3H3/b11-2+,19-9?;. The number of halogens is 1. The fourth-order valence-corrected chi connectivity index (χ4v) is 3.12. The molecule has 0 radical (unpaired) electrons. The summed E-state index contributed by atoms with van der Waals surface area (Å²) in [7, 11) is 0. The molecule has 0 aliphatic heterocycles. The van der Waals surface area contributed by atoms with Crippen LogP contribution in [0.5, 0.6) is 0 Å². The molecule has 1 aromatic carbocycles. The second-order valence-corrected chi connectivity index (χ2v) is 7.23. The number of hydrogen-bond acceptors (Lipinski definition) is 3. The van der Waals surface area contributed by atoms with Crippen molar-refractivity contribution in [1.82, 2.24) is 4.98 Å². The van der Waals surface area contributed by atoms with Crippen molar-refractivity contribution in [1.29, 1.82) is 5.41 Å². The minimum absolute atomic E-state index is 0.244. The third-order valence-corrected chi connectivity index (χ3v) is 4.27. The Hall–Kier alpha value is -2.33. The highest BCUT2D eigenvalue weighted by atomic mass is 32.1. The van der Waals surface area contributed by atoms with E-state index >= 15 is 0 Å². The second kappa shape index (κ2) is 8.67. The summed E-state index contributed by atoms with van der Waals surface area (Å²) in [6, 6.07) is 10.4. The molecule has 2 heterocycles. The molecule has 0 saturated carbocycles. The minimum atomic E-state index is -0.244. The van der Waals surface area contributed by atoms with Crippen LogP contribution in [0.15, 0.2) is 47.9 Å². The maximum Gasteiger partial charge on any atom is 0.123 e. The summed E-state index contributed by atoms with van der Waals surface area (Å²) in [6.45, 7) is 8.39. The van der Waals surface area contributed by atoms with Crippen LogP contribution in [-0.4, -0.2) is 11.2 Å². The van der Waals surface area contributed by atoms with Gasteiger partial charge in [0.1, 0.15) is 5.82 Å². The molecule has 0 unspecified atom stereocenters. The summed E-state index contributed by atoms with van der Waals surface area (Å²) in [5.74, 6) is 0.590. The van der Waals surface area contributed by atoms with Gasteiger partial charge in [-0.25, -0.2) is 9.37 Å². The molecule has 0 spiro atoms. The van der Waals surface area contributed by atoms with Crippen molar-refractivity contribution in [2.45, 2.75) is 27.7 Å². The summed E-state index contributed by atoms with van der Waals surface area (Å²) >= 11 is 1.62. The van der Waals surface area contributed by atoms with E-state index in [1.165, 1.54) is 18.3 Å². The van der Waals surface area contributed by atoms with Crippen molar-refractivity contribution in [3.63, 3.8) is 0 Å². The van der Waals surface area contributed by atoms with Gasteiger partial charge in [0.25, 0.3) is 0 Å². The van der Waals surface area contributed by atoms with Gasteiger partial charge in [-0.1, -0.05) is 39.0 Å². The molecule has 3 aromatic rings. The average Bonchev–Trinajstić information content (AvgIpc) is 2.99. The largest absolute Gasteiger partial charge is 0.308 e. The van der Waals surface area contributed by atoms with Crippen LogP contribution in [0.1, 0.15) is 33.4 Å². The number of aromatic nitrogens is 1. The maximum absolute atomic E-state index is 13.1. The van der Waals surface area contributed by atoms with Crippen LogP contribution < -0.4 is 0 Å². The normalized spacial score (nSPS) is 11.4. The monoisotopic (exact) mass is 354 g/mol. The van der Waals surface area contributed by atoms with E-state index in [0.717, 1.165) is 38.5 Å². The first kappa shape index (κ1) is 19.0. The van der Waals surface area contributed by atoms with Gasteiger partial charge in [-0.2, -0.15) is 0 Å². The van der Waals surface area contributed by atoms with Crippen molar-refractivity contribution in [2.75, 3.05) is 0 Å². The van der Waals surface area contributed by atoms with Crippen molar-refractivity contribution in [3.8, 4) is 11.1 Å². The molecule has 2 aromatic heterocycles. The molecule has 0 fully saturated rings. The molecule has 0 saturated heterocycles. The summed E-state index contributed by atoms with van der Waals surface area (Å²) in [6.07, 6.45) is 3.17. The fourth-order valence-electron chi connectivity index (χ4n) is 2.21. The van der Waals surface area contributed by atoms with Gasteiger partial charge >= 0.3 is 0 Å². The van der Waals surface area contributed by atoms with Gasteiger partial charge in [-0.3, -0.25) is 0 Å². The average molecular weight is 354 g/mol. The number of nitrogens with one attached hydrogen (secondary N) is 1. The minimum Gasteiger partial charge on any atom is -0.308 e. The Balaban J connectivity index is 0.000000511. The predicted molar refractivity (Wildman–Crippen MR) is 108 cm³/mol. The van der Waals surface area contributed by atoms with E-state index in [2.05, 4.69) is 25.8 Å². The molecule has 0 aliphatic carbocycles. The first-order valence-electron chi connectivity index (χ1n) is 8.27. The maximum atomic E-state index is 13.1. The molecule has 3 rings (SSSR count). The molecule has 0 aliphatic rings. The molecule has 0 atom stereocenters. The number of allylic oxidation sites excluding steroid dienone is 2. The summed E-state index contributed by atoms with van der Waals surface area (Å²) in [5, 5.41) is 9.47. The molecule has 0 amide bonds. The fraction of sp³-hybridized carbons (Fsp3) is 0.238. The van der Waals surface area contributed by atoms with Gasteiger partial charge in [0.2, 0.25) is 0 Å². The van der Waals surface area contributed by atoms with Crippen molar-refractivity contribution >= 4 is 33.3 Å². The zero-order valence-electron chi connectivity index (χ0n) is 15.0. The first-order valence-corrected chi connectivity index (χ1v) is 9.15. The number of thiophene rings is 1. The van der Waals surface area contributed by atoms with Crippen LogP contribution in [-0.2, 0) is 0 Å². The zero-order chi connectivity index (χ0) is 18.4. The molecule has 0 bridgehead atoms. The summed E-state index contributed by atoms with van der Waals surface area (Å²) in [4.78, 5) is 4.67. The van der Waals surface area contributed by atoms with Gasteiger partial charge in [0, 0.05) is 22.7 Å². The Labute approximate surface area is 152 Å². The lowest BCUT2D eigenvalue weighted by molar-refractivity contribution is 0.628. The summed E-state index contributed by atoms with van der Waals surface area (Å²) in [5.41, 5.74) is 4.40. The highest BCUT2D eigenvalue weighted by Gasteiger charge is 2.10. The highest BCUT2D eigenvalue weighted by Crippen LogP contribution is 2.33. The third-order valence-electron chi connectivity index (χ3n) is 3.33. The second-order valence-electron chi connectivity index (χ2n) is 6.32. The molecular weight excluding hydrogens is 331 g/mol. The van der Waals surface area contributed by atoms with E-state index < -0.39 is 0 Å². The lowest BCUT2D eigenvalue weighted by Gasteiger charge is -2.03. The Kier molecular flexibility index (Phi) is 6.59. The number of pyridine rings is 1.